The molecule has 0 radical (unpaired) electrons. The summed E-state index contributed by atoms with van der Waals surface area (Å²) in [7, 11) is 1.64. The number of hydrogen-bond donors (Lipinski definition) is 0. The van der Waals surface area contributed by atoms with Crippen LogP contribution in [0.4, 0.5) is 4.39 Å². The van der Waals surface area contributed by atoms with Crippen LogP contribution in [0.2, 0.25) is 5.02 Å². The van der Waals surface area contributed by atoms with Gasteiger partial charge < -0.3 is 4.74 Å². The number of alkyl halides is 1. The Hall–Kier alpha value is -1.06. The molecule has 0 saturated heterocycles. The van der Waals surface area contributed by atoms with Gasteiger partial charge in [0.1, 0.15) is 11.6 Å². The van der Waals surface area contributed by atoms with Gasteiger partial charge in [-0.3, -0.25) is 0 Å². The lowest BCUT2D eigenvalue weighted by molar-refractivity contribution is 0.414. The number of rotatable bonds is 4. The summed E-state index contributed by atoms with van der Waals surface area (Å²) >= 11 is 9.76. The van der Waals surface area contributed by atoms with Gasteiger partial charge in [0.15, 0.2) is 0 Å². The van der Waals surface area contributed by atoms with Crippen LogP contribution in [0.3, 0.4) is 0 Å². The Morgan fingerprint density at radius 3 is 2.75 bits per heavy atom. The molecule has 0 heterocycles. The number of methoxy groups -OCH3 is 1. The lowest BCUT2D eigenvalue weighted by atomic mass is 10.0. The molecule has 0 aliphatic rings. The molecule has 1 nitrogen and oxygen atoms in total. The summed E-state index contributed by atoms with van der Waals surface area (Å²) in [5.41, 5.74) is 2.62. The lowest BCUT2D eigenvalue weighted by Gasteiger charge is -2.14. The quantitative estimate of drug-likeness (QED) is 0.659. The van der Waals surface area contributed by atoms with E-state index in [1.165, 1.54) is 6.07 Å². The number of halogens is 3. The SMILES string of the molecule is COc1cccc(CC(Br)c2cc(C)c(F)cc2Cl)c1. The maximum atomic E-state index is 13.4. The highest BCUT2D eigenvalue weighted by Crippen LogP contribution is 2.34. The molecule has 2 aromatic carbocycles. The van der Waals surface area contributed by atoms with Crippen molar-refractivity contribution in [3.8, 4) is 5.75 Å². The minimum atomic E-state index is -0.278. The van der Waals surface area contributed by atoms with Gasteiger partial charge in [0.2, 0.25) is 0 Å². The zero-order valence-electron chi connectivity index (χ0n) is 11.3. The molecule has 0 spiro atoms. The lowest BCUT2D eigenvalue weighted by Crippen LogP contribution is -1.99. The Labute approximate surface area is 131 Å². The summed E-state index contributed by atoms with van der Waals surface area (Å²) in [6, 6.07) is 11.0. The molecule has 0 bridgehead atoms. The zero-order chi connectivity index (χ0) is 14.7. The summed E-state index contributed by atoms with van der Waals surface area (Å²) < 4.78 is 18.6. The fourth-order valence-corrected chi connectivity index (χ4v) is 3.20. The van der Waals surface area contributed by atoms with Gasteiger partial charge in [-0.15, -0.1) is 0 Å². The van der Waals surface area contributed by atoms with Crippen molar-refractivity contribution in [3.05, 3.63) is 63.9 Å². The predicted molar refractivity (Wildman–Crippen MR) is 84.5 cm³/mol. The van der Waals surface area contributed by atoms with Crippen LogP contribution in [0.15, 0.2) is 36.4 Å². The second kappa shape index (κ2) is 6.59. The molecular formula is C16H15BrClFO. The van der Waals surface area contributed by atoms with Crippen LogP contribution in [-0.2, 0) is 6.42 Å². The highest BCUT2D eigenvalue weighted by molar-refractivity contribution is 9.09. The Balaban J connectivity index is 2.23. The molecule has 0 N–H and O–H groups in total. The average molecular weight is 358 g/mol. The van der Waals surface area contributed by atoms with Gasteiger partial charge in [0, 0.05) is 9.85 Å². The first-order valence-corrected chi connectivity index (χ1v) is 7.53. The molecule has 4 heteroatoms. The van der Waals surface area contributed by atoms with Crippen LogP contribution in [0, 0.1) is 12.7 Å². The topological polar surface area (TPSA) is 9.23 Å². The minimum absolute atomic E-state index is 0.0291. The van der Waals surface area contributed by atoms with Crippen LogP contribution in [-0.4, -0.2) is 7.11 Å². The largest absolute Gasteiger partial charge is 0.497 e. The second-order valence-corrected chi connectivity index (χ2v) is 6.16. The maximum Gasteiger partial charge on any atom is 0.127 e. The normalized spacial score (nSPS) is 12.2. The fraction of sp³-hybridized carbons (Fsp3) is 0.250. The zero-order valence-corrected chi connectivity index (χ0v) is 13.6. The monoisotopic (exact) mass is 356 g/mol. The van der Waals surface area contributed by atoms with E-state index < -0.39 is 0 Å². The van der Waals surface area contributed by atoms with Crippen molar-refractivity contribution in [2.45, 2.75) is 18.2 Å². The molecule has 0 aliphatic carbocycles. The van der Waals surface area contributed by atoms with Crippen LogP contribution in [0.1, 0.15) is 21.5 Å². The standard InChI is InChI=1S/C16H15BrClFO/c1-10-6-13(15(18)9-16(10)19)14(17)8-11-4-3-5-12(7-11)20-2/h3-7,9,14H,8H2,1-2H3. The predicted octanol–water partition coefficient (Wildman–Crippen LogP) is 5.47. The average Bonchev–Trinajstić information content (AvgIpc) is 2.43. The molecule has 0 saturated carbocycles. The summed E-state index contributed by atoms with van der Waals surface area (Å²) in [5, 5.41) is 0.442. The molecule has 106 valence electrons. The van der Waals surface area contributed by atoms with E-state index in [4.69, 9.17) is 16.3 Å². The van der Waals surface area contributed by atoms with Gasteiger partial charge in [-0.2, -0.15) is 0 Å². The smallest absolute Gasteiger partial charge is 0.127 e. The third-order valence-corrected chi connectivity index (χ3v) is 4.31. The van der Waals surface area contributed by atoms with Crippen LogP contribution in [0.25, 0.3) is 0 Å². The van der Waals surface area contributed by atoms with Crippen molar-refractivity contribution in [1.82, 2.24) is 0 Å². The van der Waals surface area contributed by atoms with Crippen molar-refractivity contribution >= 4 is 27.5 Å². The Morgan fingerprint density at radius 1 is 1.30 bits per heavy atom. The highest BCUT2D eigenvalue weighted by atomic mass is 79.9. The number of hydrogen-bond acceptors (Lipinski definition) is 1. The first-order valence-electron chi connectivity index (χ1n) is 6.24. The minimum Gasteiger partial charge on any atom is -0.497 e. The molecule has 1 atom stereocenters. The molecule has 2 rings (SSSR count). The van der Waals surface area contributed by atoms with E-state index in [0.29, 0.717) is 10.6 Å². The van der Waals surface area contributed by atoms with E-state index in [1.807, 2.05) is 24.3 Å². The Kier molecular flexibility index (Phi) is 5.06. The molecule has 2 aromatic rings. The third kappa shape index (κ3) is 3.53. The van der Waals surface area contributed by atoms with Crippen molar-refractivity contribution < 1.29 is 9.13 Å². The van der Waals surface area contributed by atoms with E-state index in [1.54, 1.807) is 20.1 Å². The van der Waals surface area contributed by atoms with Crippen molar-refractivity contribution in [2.75, 3.05) is 7.11 Å². The van der Waals surface area contributed by atoms with Crippen LogP contribution >= 0.6 is 27.5 Å². The molecular weight excluding hydrogens is 343 g/mol. The van der Waals surface area contributed by atoms with Gasteiger partial charge in [-0.1, -0.05) is 45.7 Å². The number of ether oxygens (including phenoxy) is 1. The van der Waals surface area contributed by atoms with E-state index in [2.05, 4.69) is 15.9 Å². The molecule has 0 aromatic heterocycles. The fourth-order valence-electron chi connectivity index (χ4n) is 2.04. The maximum absolute atomic E-state index is 13.4. The molecule has 20 heavy (non-hydrogen) atoms. The van der Waals surface area contributed by atoms with Crippen molar-refractivity contribution in [3.63, 3.8) is 0 Å². The molecule has 0 aliphatic heterocycles. The van der Waals surface area contributed by atoms with Crippen LogP contribution < -0.4 is 4.74 Å². The molecule has 0 amide bonds. The summed E-state index contributed by atoms with van der Waals surface area (Å²) in [6.45, 7) is 1.74. The van der Waals surface area contributed by atoms with Gasteiger partial charge >= 0.3 is 0 Å². The molecule has 1 unspecified atom stereocenters. The number of benzene rings is 2. The third-order valence-electron chi connectivity index (χ3n) is 3.16. The summed E-state index contributed by atoms with van der Waals surface area (Å²) in [4.78, 5) is 0.0291. The van der Waals surface area contributed by atoms with Gasteiger partial charge in [0.25, 0.3) is 0 Å². The molecule has 0 fully saturated rings. The Bertz CT molecular complexity index is 615. The first-order chi connectivity index (χ1) is 9.51. The summed E-state index contributed by atoms with van der Waals surface area (Å²) in [6.07, 6.45) is 0.752. The second-order valence-electron chi connectivity index (χ2n) is 4.65. The van der Waals surface area contributed by atoms with Gasteiger partial charge in [-0.05, 0) is 48.2 Å². The first kappa shape index (κ1) is 15.3. The van der Waals surface area contributed by atoms with E-state index in [0.717, 1.165) is 23.3 Å². The summed E-state index contributed by atoms with van der Waals surface area (Å²) in [5.74, 6) is 0.545. The Morgan fingerprint density at radius 2 is 2.05 bits per heavy atom. The number of aryl methyl sites for hydroxylation is 1. The van der Waals surface area contributed by atoms with Gasteiger partial charge in [-0.25, -0.2) is 4.39 Å². The highest BCUT2D eigenvalue weighted by Gasteiger charge is 2.15. The van der Waals surface area contributed by atoms with Gasteiger partial charge in [0.05, 0.1) is 7.11 Å². The van der Waals surface area contributed by atoms with Crippen molar-refractivity contribution in [2.24, 2.45) is 0 Å². The van der Waals surface area contributed by atoms with Crippen LogP contribution in [0.5, 0.6) is 5.75 Å². The van der Waals surface area contributed by atoms with E-state index in [-0.39, 0.29) is 10.6 Å². The van der Waals surface area contributed by atoms with Crippen molar-refractivity contribution in [1.29, 1.82) is 0 Å². The van der Waals surface area contributed by atoms with E-state index in [9.17, 15) is 4.39 Å². The van der Waals surface area contributed by atoms with E-state index >= 15 is 0 Å².